The summed E-state index contributed by atoms with van der Waals surface area (Å²) in [6.45, 7) is 5.21. The van der Waals surface area contributed by atoms with E-state index in [0.29, 0.717) is 6.42 Å². The zero-order chi connectivity index (χ0) is 19.1. The number of rotatable bonds is 6. The second kappa shape index (κ2) is 6.72. The molecule has 0 radical (unpaired) electrons. The van der Waals surface area contributed by atoms with Gasteiger partial charge in [-0.15, -0.1) is 0 Å². The van der Waals surface area contributed by atoms with Gasteiger partial charge < -0.3 is 25.8 Å². The zero-order valence-corrected chi connectivity index (χ0v) is 15.6. The fourth-order valence-electron chi connectivity index (χ4n) is 3.38. The maximum Gasteiger partial charge on any atom is 0.407 e. The van der Waals surface area contributed by atoms with Crippen LogP contribution in [0.15, 0.2) is 0 Å². The number of amides is 3. The predicted octanol–water partition coefficient (Wildman–Crippen LogP) is 0.578. The number of alkyl carbamates (subject to hydrolysis) is 1. The van der Waals surface area contributed by atoms with Gasteiger partial charge in [0.15, 0.2) is 6.10 Å². The Labute approximate surface area is 153 Å². The summed E-state index contributed by atoms with van der Waals surface area (Å²) < 4.78 is 5.24. The van der Waals surface area contributed by atoms with Gasteiger partial charge in [-0.1, -0.05) is 0 Å². The second-order valence-corrected chi connectivity index (χ2v) is 8.89. The van der Waals surface area contributed by atoms with Crippen molar-refractivity contribution in [2.75, 3.05) is 0 Å². The molecule has 3 rings (SSSR count). The number of ether oxygens (including phenoxy) is 1. The highest BCUT2D eigenvalue weighted by atomic mass is 16.6. The van der Waals surface area contributed by atoms with Crippen LogP contribution in [0.5, 0.6) is 0 Å². The van der Waals surface area contributed by atoms with E-state index in [9.17, 15) is 19.5 Å². The molecule has 2 aliphatic carbocycles. The predicted molar refractivity (Wildman–Crippen MR) is 93.2 cm³/mol. The van der Waals surface area contributed by atoms with Crippen molar-refractivity contribution >= 4 is 17.9 Å². The molecule has 1 unspecified atom stereocenters. The van der Waals surface area contributed by atoms with Crippen LogP contribution in [0.4, 0.5) is 4.79 Å². The first-order valence-corrected chi connectivity index (χ1v) is 9.37. The summed E-state index contributed by atoms with van der Waals surface area (Å²) in [6, 6.07) is -0.780. The number of aliphatic hydroxyl groups excluding tert-OH is 1. The number of carbonyl (C=O) groups is 3. The fourth-order valence-corrected chi connectivity index (χ4v) is 3.38. The molecule has 1 aliphatic heterocycles. The van der Waals surface area contributed by atoms with Crippen LogP contribution in [0.1, 0.15) is 59.3 Å². The van der Waals surface area contributed by atoms with E-state index in [2.05, 4.69) is 16.0 Å². The summed E-state index contributed by atoms with van der Waals surface area (Å²) >= 11 is 0. The van der Waals surface area contributed by atoms with Crippen LogP contribution < -0.4 is 16.0 Å². The molecule has 2 saturated carbocycles. The fraction of sp³-hybridized carbons (Fsp3) is 0.833. The van der Waals surface area contributed by atoms with E-state index in [1.807, 2.05) is 0 Å². The molecule has 3 aliphatic rings. The molecule has 3 atom stereocenters. The molecule has 0 aromatic rings. The normalized spacial score (nSPS) is 26.0. The van der Waals surface area contributed by atoms with Gasteiger partial charge in [-0.25, -0.2) is 4.79 Å². The van der Waals surface area contributed by atoms with Crippen molar-refractivity contribution < 1.29 is 24.2 Å². The molecule has 146 valence electrons. The second-order valence-electron chi connectivity index (χ2n) is 8.89. The lowest BCUT2D eigenvalue weighted by Gasteiger charge is -2.27. The molecule has 0 aromatic heterocycles. The van der Waals surface area contributed by atoms with Gasteiger partial charge in [-0.3, -0.25) is 9.59 Å². The van der Waals surface area contributed by atoms with E-state index in [1.54, 1.807) is 20.8 Å². The molecule has 0 bridgehead atoms. The Morgan fingerprint density at radius 3 is 2.50 bits per heavy atom. The van der Waals surface area contributed by atoms with Crippen molar-refractivity contribution in [3.8, 4) is 0 Å². The molecule has 1 spiro atoms. The van der Waals surface area contributed by atoms with Crippen LogP contribution in [0, 0.1) is 5.92 Å². The first-order chi connectivity index (χ1) is 12.1. The van der Waals surface area contributed by atoms with Gasteiger partial charge in [-0.2, -0.15) is 0 Å². The Bertz CT molecular complexity index is 592. The van der Waals surface area contributed by atoms with E-state index >= 15 is 0 Å². The highest BCUT2D eigenvalue weighted by Gasteiger charge is 2.53. The van der Waals surface area contributed by atoms with Crippen molar-refractivity contribution in [2.24, 2.45) is 5.92 Å². The van der Waals surface area contributed by atoms with Crippen LogP contribution in [0.3, 0.4) is 0 Å². The summed E-state index contributed by atoms with van der Waals surface area (Å²) in [5.41, 5.74) is -0.794. The van der Waals surface area contributed by atoms with Crippen LogP contribution >= 0.6 is 0 Å². The maximum atomic E-state index is 12.2. The van der Waals surface area contributed by atoms with Gasteiger partial charge in [0.2, 0.25) is 5.91 Å². The van der Waals surface area contributed by atoms with Gasteiger partial charge in [0.05, 0.1) is 6.04 Å². The summed E-state index contributed by atoms with van der Waals surface area (Å²) in [5.74, 6) is -0.929. The van der Waals surface area contributed by atoms with E-state index in [4.69, 9.17) is 4.74 Å². The Balaban J connectivity index is 1.64. The molecule has 0 aromatic carbocycles. The van der Waals surface area contributed by atoms with Gasteiger partial charge in [0.1, 0.15) is 5.60 Å². The summed E-state index contributed by atoms with van der Waals surface area (Å²) in [7, 11) is 0. The topological polar surface area (TPSA) is 117 Å². The molecule has 1 saturated heterocycles. The zero-order valence-electron chi connectivity index (χ0n) is 15.6. The Morgan fingerprint density at radius 1 is 1.35 bits per heavy atom. The number of carbonyl (C=O) groups excluding carboxylic acids is 3. The third kappa shape index (κ3) is 4.87. The minimum atomic E-state index is -1.42. The van der Waals surface area contributed by atoms with Crippen molar-refractivity contribution in [1.29, 1.82) is 0 Å². The molecule has 3 fully saturated rings. The monoisotopic (exact) mass is 367 g/mol. The summed E-state index contributed by atoms with van der Waals surface area (Å²) in [6.07, 6.45) is 2.47. The van der Waals surface area contributed by atoms with Crippen LogP contribution in [-0.2, 0) is 14.3 Å². The average molecular weight is 367 g/mol. The van der Waals surface area contributed by atoms with Gasteiger partial charge >= 0.3 is 6.09 Å². The Hall–Kier alpha value is -1.83. The van der Waals surface area contributed by atoms with Crippen molar-refractivity contribution in [1.82, 2.24) is 16.0 Å². The molecule has 26 heavy (non-hydrogen) atoms. The van der Waals surface area contributed by atoms with Crippen molar-refractivity contribution in [3.63, 3.8) is 0 Å². The first-order valence-electron chi connectivity index (χ1n) is 9.37. The standard InChI is InChI=1S/C18H29N3O5/c1-17(2,3)26-16(25)20-12(13(22)15(24)19-11-4-5-11)8-10-9-18(6-7-18)21-14(10)23/h10-13,22H,4-9H2,1-3H3,(H,19,24)(H,20,25)(H,21,23)/t10-,12+,13?/m1/s1. The van der Waals surface area contributed by atoms with Crippen molar-refractivity contribution in [3.05, 3.63) is 0 Å². The average Bonchev–Trinajstić information content (AvgIpc) is 3.40. The van der Waals surface area contributed by atoms with Gasteiger partial charge in [0.25, 0.3) is 5.91 Å². The SMILES string of the molecule is CC(C)(C)OC(=O)N[C@@H](C[C@@H]1CC2(CC2)NC1=O)C(O)C(=O)NC1CC1. The molecule has 8 heteroatoms. The molecular weight excluding hydrogens is 338 g/mol. The molecule has 4 N–H and O–H groups in total. The van der Waals surface area contributed by atoms with Crippen LogP contribution in [0.25, 0.3) is 0 Å². The summed E-state index contributed by atoms with van der Waals surface area (Å²) in [4.78, 5) is 36.6. The highest BCUT2D eigenvalue weighted by Crippen LogP contribution is 2.46. The third-order valence-electron chi connectivity index (χ3n) is 5.06. The van der Waals surface area contributed by atoms with E-state index in [0.717, 1.165) is 25.7 Å². The lowest BCUT2D eigenvalue weighted by Crippen LogP contribution is -2.52. The third-order valence-corrected chi connectivity index (χ3v) is 5.06. The number of hydrogen-bond acceptors (Lipinski definition) is 5. The minimum Gasteiger partial charge on any atom is -0.444 e. The molecule has 8 nitrogen and oxygen atoms in total. The first kappa shape index (κ1) is 18.9. The highest BCUT2D eigenvalue weighted by molar-refractivity contribution is 5.85. The van der Waals surface area contributed by atoms with Gasteiger partial charge in [0, 0.05) is 17.5 Å². The van der Waals surface area contributed by atoms with E-state index in [1.165, 1.54) is 0 Å². The van der Waals surface area contributed by atoms with Crippen molar-refractivity contribution in [2.45, 2.75) is 88.6 Å². The Morgan fingerprint density at radius 2 is 2.00 bits per heavy atom. The Kier molecular flexibility index (Phi) is 4.90. The van der Waals surface area contributed by atoms with Gasteiger partial charge in [-0.05, 0) is 59.3 Å². The maximum absolute atomic E-state index is 12.2. The molecular formula is C18H29N3O5. The number of nitrogens with one attached hydrogen (secondary N) is 3. The minimum absolute atomic E-state index is 0.0757. The summed E-state index contributed by atoms with van der Waals surface area (Å²) in [5, 5.41) is 18.8. The van der Waals surface area contributed by atoms with E-state index in [-0.39, 0.29) is 29.8 Å². The lowest BCUT2D eigenvalue weighted by atomic mass is 9.92. The molecule has 3 amide bonds. The largest absolute Gasteiger partial charge is 0.444 e. The quantitative estimate of drug-likeness (QED) is 0.548. The number of aliphatic hydroxyl groups is 1. The van der Waals surface area contributed by atoms with Crippen LogP contribution in [-0.4, -0.2) is 52.3 Å². The molecule has 1 heterocycles. The smallest absolute Gasteiger partial charge is 0.407 e. The number of hydrogen-bond donors (Lipinski definition) is 4. The van der Waals surface area contributed by atoms with E-state index < -0.39 is 29.7 Å². The lowest BCUT2D eigenvalue weighted by molar-refractivity contribution is -0.132. The van der Waals surface area contributed by atoms with Crippen LogP contribution in [0.2, 0.25) is 0 Å².